The van der Waals surface area contributed by atoms with Crippen LogP contribution >= 0.6 is 0 Å². The molecular formula is C14H16N4O2. The number of nitriles is 2. The summed E-state index contributed by atoms with van der Waals surface area (Å²) >= 11 is 0. The van der Waals surface area contributed by atoms with Gasteiger partial charge in [0.25, 0.3) is 5.91 Å². The van der Waals surface area contributed by atoms with Gasteiger partial charge in [0.15, 0.2) is 5.41 Å². The van der Waals surface area contributed by atoms with Crippen molar-refractivity contribution in [1.82, 2.24) is 0 Å². The highest BCUT2D eigenvalue weighted by Crippen LogP contribution is 2.68. The van der Waals surface area contributed by atoms with Crippen LogP contribution in [0.4, 0.5) is 0 Å². The van der Waals surface area contributed by atoms with E-state index in [-0.39, 0.29) is 17.7 Å². The Morgan fingerprint density at radius 3 is 2.25 bits per heavy atom. The highest BCUT2D eigenvalue weighted by molar-refractivity contribution is 5.94. The Morgan fingerprint density at radius 2 is 1.80 bits per heavy atom. The molecule has 0 aromatic heterocycles. The Labute approximate surface area is 117 Å². The quantitative estimate of drug-likeness (QED) is 0.594. The van der Waals surface area contributed by atoms with Crippen LogP contribution in [0.5, 0.6) is 0 Å². The van der Waals surface area contributed by atoms with Crippen molar-refractivity contribution in [3.63, 3.8) is 0 Å². The Hall–Kier alpha value is -1.89. The molecule has 0 radical (unpaired) electrons. The fraction of sp³-hybridized carbons (Fsp3) is 0.643. The molecule has 0 aromatic carbocycles. The van der Waals surface area contributed by atoms with Gasteiger partial charge in [-0.3, -0.25) is 0 Å². The summed E-state index contributed by atoms with van der Waals surface area (Å²) in [4.78, 5) is 4.29. The minimum atomic E-state index is -1.52. The van der Waals surface area contributed by atoms with Gasteiger partial charge in [-0.15, -0.1) is 0 Å². The molecule has 2 bridgehead atoms. The lowest BCUT2D eigenvalue weighted by Gasteiger charge is -2.55. The second-order valence-corrected chi connectivity index (χ2v) is 5.50. The summed E-state index contributed by atoms with van der Waals surface area (Å²) in [6.07, 6.45) is 5.58. The monoisotopic (exact) mass is 272 g/mol. The summed E-state index contributed by atoms with van der Waals surface area (Å²) in [6.45, 7) is 0. The molecule has 0 aromatic rings. The first-order chi connectivity index (χ1) is 9.58. The van der Waals surface area contributed by atoms with Crippen molar-refractivity contribution in [2.45, 2.75) is 18.8 Å². The summed E-state index contributed by atoms with van der Waals surface area (Å²) in [5, 5.41) is 19.8. The van der Waals surface area contributed by atoms with E-state index < -0.39 is 16.7 Å². The van der Waals surface area contributed by atoms with Gasteiger partial charge in [-0.2, -0.15) is 10.5 Å². The summed E-state index contributed by atoms with van der Waals surface area (Å²) in [7, 11) is 2.86. The minimum absolute atomic E-state index is 0.131. The Kier molecular flexibility index (Phi) is 2.50. The number of rotatable bonds is 2. The molecule has 2 N–H and O–H groups in total. The van der Waals surface area contributed by atoms with Crippen LogP contribution in [-0.2, 0) is 9.47 Å². The molecule has 0 saturated heterocycles. The molecule has 6 heteroatoms. The van der Waals surface area contributed by atoms with Crippen LogP contribution in [-0.4, -0.2) is 26.0 Å². The van der Waals surface area contributed by atoms with E-state index in [4.69, 9.17) is 15.2 Å². The summed E-state index contributed by atoms with van der Waals surface area (Å²) in [6, 6.07) is 4.59. The second-order valence-electron chi connectivity index (χ2n) is 5.50. The predicted molar refractivity (Wildman–Crippen MR) is 69.8 cm³/mol. The molecule has 0 unspecified atom stereocenters. The van der Waals surface area contributed by atoms with E-state index in [1.807, 2.05) is 12.2 Å². The van der Waals surface area contributed by atoms with E-state index in [2.05, 4.69) is 17.1 Å². The number of amidine groups is 1. The van der Waals surface area contributed by atoms with Crippen LogP contribution in [0, 0.1) is 45.3 Å². The summed E-state index contributed by atoms with van der Waals surface area (Å²) in [5.74, 6) is -1.67. The number of nitrogens with zero attached hydrogens (tertiary/aromatic N) is 3. The molecule has 4 atom stereocenters. The van der Waals surface area contributed by atoms with Gasteiger partial charge in [0.1, 0.15) is 11.3 Å². The molecule has 1 aliphatic heterocycles. The molecule has 1 fully saturated rings. The molecule has 0 amide bonds. The zero-order valence-corrected chi connectivity index (χ0v) is 11.5. The number of ether oxygens (including phenoxy) is 2. The van der Waals surface area contributed by atoms with Gasteiger partial charge in [0.2, 0.25) is 0 Å². The van der Waals surface area contributed by atoms with Crippen LogP contribution in [0.25, 0.3) is 0 Å². The maximum atomic E-state index is 9.96. The standard InChI is InChI=1S/C14H16N4O2/c1-19-14(20-2)13(8-16)10-5-3-9(4-6-10)12(13,7-15)11(17)18-14/h3,5,9-10H,4,6H2,1-2H3,(H2,17,18)/t9-,10+,12+,13-/m0/s1. The van der Waals surface area contributed by atoms with Crippen LogP contribution in [0.2, 0.25) is 0 Å². The van der Waals surface area contributed by atoms with Crippen LogP contribution < -0.4 is 5.73 Å². The molecule has 3 aliphatic carbocycles. The molecular weight excluding hydrogens is 256 g/mol. The number of nitrogens with two attached hydrogens (primary N) is 1. The normalized spacial score (nSPS) is 43.5. The Balaban J connectivity index is 2.37. The summed E-state index contributed by atoms with van der Waals surface area (Å²) < 4.78 is 10.9. The SMILES string of the molecule is COC1(OC)N=C(N)[C@@]2(C#N)[C@H]3C=C[C@H](CC3)[C@]12C#N. The fourth-order valence-corrected chi connectivity index (χ4v) is 4.30. The zero-order valence-electron chi connectivity index (χ0n) is 11.5. The van der Waals surface area contributed by atoms with Crippen molar-refractivity contribution in [1.29, 1.82) is 10.5 Å². The van der Waals surface area contributed by atoms with Gasteiger partial charge in [0, 0.05) is 26.1 Å². The first-order valence-corrected chi connectivity index (χ1v) is 6.55. The van der Waals surface area contributed by atoms with E-state index in [1.165, 1.54) is 14.2 Å². The van der Waals surface area contributed by atoms with E-state index >= 15 is 0 Å². The summed E-state index contributed by atoms with van der Waals surface area (Å²) in [5.41, 5.74) is 3.68. The molecule has 4 rings (SSSR count). The first-order valence-electron chi connectivity index (χ1n) is 6.55. The Bertz CT molecular complexity index is 595. The largest absolute Gasteiger partial charge is 0.386 e. The lowest BCUT2D eigenvalue weighted by molar-refractivity contribution is -0.280. The van der Waals surface area contributed by atoms with Crippen molar-refractivity contribution >= 4 is 5.84 Å². The van der Waals surface area contributed by atoms with Crippen LogP contribution in [0.1, 0.15) is 12.8 Å². The van der Waals surface area contributed by atoms with Crippen LogP contribution in [0.15, 0.2) is 17.1 Å². The van der Waals surface area contributed by atoms with Crippen molar-refractivity contribution in [3.8, 4) is 12.1 Å². The third kappa shape index (κ3) is 0.985. The fourth-order valence-electron chi connectivity index (χ4n) is 4.30. The number of fused-ring (bicyclic) bond motifs is 1. The van der Waals surface area contributed by atoms with Crippen molar-refractivity contribution < 1.29 is 9.47 Å². The number of aliphatic imine (C=N–C) groups is 1. The third-order valence-electron chi connectivity index (χ3n) is 5.17. The number of methoxy groups -OCH3 is 2. The average Bonchev–Trinajstić information content (AvgIpc) is 2.76. The second kappa shape index (κ2) is 3.82. The number of hydrogen-bond acceptors (Lipinski definition) is 6. The van der Waals surface area contributed by atoms with Crippen LogP contribution in [0.3, 0.4) is 0 Å². The van der Waals surface area contributed by atoms with Crippen molar-refractivity contribution in [2.75, 3.05) is 14.2 Å². The van der Waals surface area contributed by atoms with Gasteiger partial charge in [-0.05, 0) is 12.8 Å². The van der Waals surface area contributed by atoms with E-state index in [0.29, 0.717) is 0 Å². The zero-order chi connectivity index (χ0) is 14.6. The molecule has 0 spiro atoms. The molecule has 1 heterocycles. The van der Waals surface area contributed by atoms with E-state index in [0.717, 1.165) is 12.8 Å². The molecule has 4 aliphatic rings. The van der Waals surface area contributed by atoms with Gasteiger partial charge < -0.3 is 15.2 Å². The molecule has 1 saturated carbocycles. The van der Waals surface area contributed by atoms with Crippen molar-refractivity contribution in [3.05, 3.63) is 12.2 Å². The average molecular weight is 272 g/mol. The topological polar surface area (TPSA) is 104 Å². The third-order valence-corrected chi connectivity index (χ3v) is 5.17. The van der Waals surface area contributed by atoms with Gasteiger partial charge in [-0.25, -0.2) is 4.99 Å². The lowest BCUT2D eigenvalue weighted by atomic mass is 9.45. The maximum absolute atomic E-state index is 9.96. The molecule has 104 valence electrons. The van der Waals surface area contributed by atoms with Crippen molar-refractivity contribution in [2.24, 2.45) is 33.4 Å². The molecule has 20 heavy (non-hydrogen) atoms. The molecule has 6 nitrogen and oxygen atoms in total. The van der Waals surface area contributed by atoms with Gasteiger partial charge >= 0.3 is 0 Å². The van der Waals surface area contributed by atoms with Gasteiger partial charge in [-0.1, -0.05) is 12.2 Å². The maximum Gasteiger partial charge on any atom is 0.292 e. The minimum Gasteiger partial charge on any atom is -0.386 e. The lowest BCUT2D eigenvalue weighted by Crippen LogP contribution is -2.65. The number of hydrogen-bond donors (Lipinski definition) is 1. The first kappa shape index (κ1) is 13.1. The highest BCUT2D eigenvalue weighted by atomic mass is 16.7. The van der Waals surface area contributed by atoms with E-state index in [1.54, 1.807) is 0 Å². The van der Waals surface area contributed by atoms with E-state index in [9.17, 15) is 10.5 Å². The smallest absolute Gasteiger partial charge is 0.292 e. The predicted octanol–water partition coefficient (Wildman–Crippen LogP) is 0.920. The number of allylic oxidation sites excluding steroid dienone is 2. The van der Waals surface area contributed by atoms with Gasteiger partial charge in [0.05, 0.1) is 12.1 Å². The highest BCUT2D eigenvalue weighted by Gasteiger charge is 2.79. The Morgan fingerprint density at radius 1 is 1.20 bits per heavy atom.